The molecule has 2 heterocycles. The molecule has 1 aliphatic heterocycles. The van der Waals surface area contributed by atoms with Gasteiger partial charge in [0.2, 0.25) is 0 Å². The molecule has 0 radical (unpaired) electrons. The highest BCUT2D eigenvalue weighted by atomic mass is 15.1. The van der Waals surface area contributed by atoms with E-state index in [0.29, 0.717) is 6.04 Å². The van der Waals surface area contributed by atoms with Gasteiger partial charge in [-0.05, 0) is 56.3 Å². The van der Waals surface area contributed by atoms with E-state index in [9.17, 15) is 0 Å². The lowest BCUT2D eigenvalue weighted by Crippen LogP contribution is -2.44. The summed E-state index contributed by atoms with van der Waals surface area (Å²) < 4.78 is 0. The molecule has 1 aliphatic carbocycles. The zero-order chi connectivity index (χ0) is 14.1. The first-order valence-corrected chi connectivity index (χ1v) is 8.33. The number of nitrogens with one attached hydrogen (secondary N) is 3. The highest BCUT2D eigenvalue weighted by Crippen LogP contribution is 2.34. The lowest BCUT2D eigenvalue weighted by atomic mass is 9.88. The maximum Gasteiger partial charge on any atom is 0.0670 e. The third-order valence-electron chi connectivity index (χ3n) is 5.23. The van der Waals surface area contributed by atoms with Gasteiger partial charge in [0.1, 0.15) is 0 Å². The van der Waals surface area contributed by atoms with Crippen LogP contribution in [0.4, 0.5) is 5.69 Å². The van der Waals surface area contributed by atoms with Gasteiger partial charge >= 0.3 is 0 Å². The third kappa shape index (κ3) is 2.64. The van der Waals surface area contributed by atoms with Gasteiger partial charge in [-0.15, -0.1) is 0 Å². The molecule has 4 nitrogen and oxygen atoms in total. The van der Waals surface area contributed by atoms with Crippen LogP contribution in [0.3, 0.4) is 0 Å². The van der Waals surface area contributed by atoms with Gasteiger partial charge < -0.3 is 10.6 Å². The molecule has 1 aromatic heterocycles. The Balaban J connectivity index is 1.49. The largest absolute Gasteiger partial charge is 0.382 e. The molecule has 1 aromatic carbocycles. The fraction of sp³-hybridized carbons (Fsp3) is 0.588. The number of aromatic amines is 1. The number of piperidine rings is 1. The van der Waals surface area contributed by atoms with E-state index < -0.39 is 0 Å². The van der Waals surface area contributed by atoms with Gasteiger partial charge in [0.15, 0.2) is 0 Å². The summed E-state index contributed by atoms with van der Waals surface area (Å²) >= 11 is 0. The van der Waals surface area contributed by atoms with E-state index in [1.807, 2.05) is 6.20 Å². The van der Waals surface area contributed by atoms with Crippen molar-refractivity contribution in [1.82, 2.24) is 15.5 Å². The van der Waals surface area contributed by atoms with Crippen LogP contribution in [0.2, 0.25) is 0 Å². The molecular formula is C17H24N4. The number of rotatable bonds is 3. The second kappa shape index (κ2) is 5.68. The molecule has 1 saturated carbocycles. The maximum absolute atomic E-state index is 4.10. The van der Waals surface area contributed by atoms with E-state index in [1.165, 1.54) is 56.1 Å². The van der Waals surface area contributed by atoms with Gasteiger partial charge in [0.25, 0.3) is 0 Å². The van der Waals surface area contributed by atoms with Crippen LogP contribution in [0.1, 0.15) is 38.5 Å². The summed E-state index contributed by atoms with van der Waals surface area (Å²) in [6, 6.07) is 7.84. The second-order valence-electron chi connectivity index (χ2n) is 6.57. The van der Waals surface area contributed by atoms with Gasteiger partial charge in [-0.2, -0.15) is 5.10 Å². The molecule has 2 aliphatic rings. The third-order valence-corrected chi connectivity index (χ3v) is 5.23. The average molecular weight is 284 g/mol. The number of hydrogen-bond donors (Lipinski definition) is 3. The summed E-state index contributed by atoms with van der Waals surface area (Å²) in [5.74, 6) is 0.780. The number of anilines is 1. The molecule has 0 amide bonds. The SMILES string of the molecule is c1cc2cn[nH]c2cc1NC1CCCC1C1CCCCN1. The molecule has 4 rings (SSSR count). The van der Waals surface area contributed by atoms with Gasteiger partial charge in [-0.3, -0.25) is 5.10 Å². The first-order valence-electron chi connectivity index (χ1n) is 8.33. The lowest BCUT2D eigenvalue weighted by Gasteiger charge is -2.33. The van der Waals surface area contributed by atoms with E-state index >= 15 is 0 Å². The zero-order valence-corrected chi connectivity index (χ0v) is 12.4. The highest BCUT2D eigenvalue weighted by molar-refractivity contribution is 5.81. The first kappa shape index (κ1) is 13.1. The van der Waals surface area contributed by atoms with Crippen LogP contribution in [-0.4, -0.2) is 28.8 Å². The van der Waals surface area contributed by atoms with Crippen molar-refractivity contribution in [3.05, 3.63) is 24.4 Å². The maximum atomic E-state index is 4.10. The predicted octanol–water partition coefficient (Wildman–Crippen LogP) is 3.29. The Morgan fingerprint density at radius 2 is 2.10 bits per heavy atom. The van der Waals surface area contributed by atoms with Crippen molar-refractivity contribution in [1.29, 1.82) is 0 Å². The van der Waals surface area contributed by atoms with Crippen LogP contribution >= 0.6 is 0 Å². The van der Waals surface area contributed by atoms with E-state index in [4.69, 9.17) is 0 Å². The van der Waals surface area contributed by atoms with Crippen molar-refractivity contribution >= 4 is 16.6 Å². The molecule has 2 aromatic rings. The van der Waals surface area contributed by atoms with E-state index in [-0.39, 0.29) is 0 Å². The number of benzene rings is 1. The van der Waals surface area contributed by atoms with Crippen molar-refractivity contribution in [3.63, 3.8) is 0 Å². The normalized spacial score (nSPS) is 29.8. The Labute approximate surface area is 125 Å². The Hall–Kier alpha value is -1.55. The van der Waals surface area contributed by atoms with E-state index in [1.54, 1.807) is 0 Å². The summed E-state index contributed by atoms with van der Waals surface area (Å²) in [5, 5.41) is 15.9. The zero-order valence-electron chi connectivity index (χ0n) is 12.4. The Bertz CT molecular complexity index is 600. The summed E-state index contributed by atoms with van der Waals surface area (Å²) in [6.45, 7) is 1.20. The van der Waals surface area contributed by atoms with Crippen molar-refractivity contribution in [2.24, 2.45) is 5.92 Å². The van der Waals surface area contributed by atoms with Crippen LogP contribution in [0.25, 0.3) is 10.9 Å². The molecule has 112 valence electrons. The Kier molecular flexibility index (Phi) is 3.55. The van der Waals surface area contributed by atoms with Crippen LogP contribution in [0.15, 0.2) is 24.4 Å². The van der Waals surface area contributed by atoms with Crippen LogP contribution < -0.4 is 10.6 Å². The molecule has 4 heteroatoms. The van der Waals surface area contributed by atoms with Crippen LogP contribution in [-0.2, 0) is 0 Å². The minimum absolute atomic E-state index is 0.612. The van der Waals surface area contributed by atoms with Gasteiger partial charge in [0.05, 0.1) is 11.7 Å². The molecule has 0 spiro atoms. The predicted molar refractivity (Wildman–Crippen MR) is 86.5 cm³/mol. The quantitative estimate of drug-likeness (QED) is 0.810. The van der Waals surface area contributed by atoms with Crippen molar-refractivity contribution < 1.29 is 0 Å². The summed E-state index contributed by atoms with van der Waals surface area (Å²) in [5.41, 5.74) is 2.34. The Morgan fingerprint density at radius 3 is 3.00 bits per heavy atom. The minimum Gasteiger partial charge on any atom is -0.382 e. The second-order valence-corrected chi connectivity index (χ2v) is 6.57. The lowest BCUT2D eigenvalue weighted by molar-refractivity contribution is 0.286. The first-order chi connectivity index (χ1) is 10.4. The number of nitrogens with zero attached hydrogens (tertiary/aromatic N) is 1. The fourth-order valence-corrected chi connectivity index (χ4v) is 4.13. The van der Waals surface area contributed by atoms with Crippen LogP contribution in [0.5, 0.6) is 0 Å². The molecule has 1 saturated heterocycles. The molecule has 2 fully saturated rings. The van der Waals surface area contributed by atoms with E-state index in [0.717, 1.165) is 17.5 Å². The monoisotopic (exact) mass is 284 g/mol. The van der Waals surface area contributed by atoms with Gasteiger partial charge in [0, 0.05) is 23.2 Å². The number of aromatic nitrogens is 2. The summed E-state index contributed by atoms with van der Waals surface area (Å²) in [4.78, 5) is 0. The topological polar surface area (TPSA) is 52.7 Å². The van der Waals surface area contributed by atoms with Gasteiger partial charge in [-0.1, -0.05) is 12.8 Å². The number of hydrogen-bond acceptors (Lipinski definition) is 3. The van der Waals surface area contributed by atoms with Gasteiger partial charge in [-0.25, -0.2) is 0 Å². The Morgan fingerprint density at radius 1 is 1.10 bits per heavy atom. The number of H-pyrrole nitrogens is 1. The van der Waals surface area contributed by atoms with Crippen LogP contribution in [0, 0.1) is 5.92 Å². The van der Waals surface area contributed by atoms with Crippen molar-refractivity contribution in [2.45, 2.75) is 50.6 Å². The minimum atomic E-state index is 0.612. The fourth-order valence-electron chi connectivity index (χ4n) is 4.13. The standard InChI is InChI=1S/C17H24N4/c1-2-9-18-15(5-1)14-4-3-6-16(14)20-13-8-7-12-11-19-21-17(12)10-13/h7-8,10-11,14-16,18,20H,1-6,9H2,(H,19,21). The molecular weight excluding hydrogens is 260 g/mol. The summed E-state index contributed by atoms with van der Waals surface area (Å²) in [7, 11) is 0. The molecule has 3 N–H and O–H groups in total. The smallest absolute Gasteiger partial charge is 0.0670 e. The van der Waals surface area contributed by atoms with Crippen molar-refractivity contribution in [2.75, 3.05) is 11.9 Å². The summed E-state index contributed by atoms with van der Waals surface area (Å²) in [6.07, 6.45) is 9.98. The number of fused-ring (bicyclic) bond motifs is 1. The van der Waals surface area contributed by atoms with Crippen molar-refractivity contribution in [3.8, 4) is 0 Å². The van der Waals surface area contributed by atoms with E-state index in [2.05, 4.69) is 39.0 Å². The molecule has 21 heavy (non-hydrogen) atoms. The molecule has 3 unspecified atom stereocenters. The molecule has 3 atom stereocenters. The average Bonchev–Trinajstić information content (AvgIpc) is 3.16. The highest BCUT2D eigenvalue weighted by Gasteiger charge is 2.34. The molecule has 0 bridgehead atoms.